The molecule has 5 nitrogen and oxygen atoms in total. The number of carbonyl (C=O) groups is 2. The smallest absolute Gasteiger partial charge is 0.248 e. The Labute approximate surface area is 154 Å². The number of carbonyl (C=O) groups excluding carboxylic acids is 2. The molecule has 0 bridgehead atoms. The van der Waals surface area contributed by atoms with Crippen LogP contribution in [0.2, 0.25) is 0 Å². The lowest BCUT2D eigenvalue weighted by atomic mass is 9.64. The Morgan fingerprint density at radius 3 is 2.46 bits per heavy atom. The number of allylic oxidation sites excluding steroid dienone is 3. The van der Waals surface area contributed by atoms with Crippen LogP contribution < -0.4 is 11.1 Å². The van der Waals surface area contributed by atoms with Gasteiger partial charge >= 0.3 is 0 Å². The highest BCUT2D eigenvalue weighted by atomic mass is 16.3. The molecule has 0 radical (unpaired) electrons. The van der Waals surface area contributed by atoms with E-state index in [-0.39, 0.29) is 18.1 Å². The predicted octanol–water partition coefficient (Wildman–Crippen LogP) is 3.39. The molecule has 26 heavy (non-hydrogen) atoms. The SMILES string of the molecule is CC1=CC(=O)CC(C)(C)C1(O)/C=C/C(C)=C\C(=O)Nc1ccc(N)cc1. The zero-order valence-electron chi connectivity index (χ0n) is 15.7. The van der Waals surface area contributed by atoms with Gasteiger partial charge in [-0.1, -0.05) is 19.9 Å². The van der Waals surface area contributed by atoms with Crippen molar-refractivity contribution in [3.63, 3.8) is 0 Å². The minimum atomic E-state index is -1.23. The monoisotopic (exact) mass is 354 g/mol. The summed E-state index contributed by atoms with van der Waals surface area (Å²) in [4.78, 5) is 23.9. The fourth-order valence-corrected chi connectivity index (χ4v) is 3.12. The summed E-state index contributed by atoms with van der Waals surface area (Å²) in [5.74, 6) is -0.255. The van der Waals surface area contributed by atoms with Crippen molar-refractivity contribution in [2.24, 2.45) is 5.41 Å². The molecule has 1 atom stereocenters. The van der Waals surface area contributed by atoms with Crippen LogP contribution in [0.25, 0.3) is 0 Å². The third-order valence-corrected chi connectivity index (χ3v) is 4.75. The second-order valence-corrected chi connectivity index (χ2v) is 7.45. The molecule has 0 aliphatic heterocycles. The fraction of sp³-hybridized carbons (Fsp3) is 0.333. The van der Waals surface area contributed by atoms with E-state index in [9.17, 15) is 14.7 Å². The van der Waals surface area contributed by atoms with Crippen LogP contribution in [0.4, 0.5) is 11.4 Å². The molecule has 1 unspecified atom stereocenters. The maximum absolute atomic E-state index is 12.1. The topological polar surface area (TPSA) is 92.4 Å². The standard InChI is InChI=1S/C21H26N2O3/c1-14(11-19(25)23-17-7-5-16(22)6-8-17)9-10-21(26)15(2)12-18(24)13-20(21,3)4/h5-12,26H,13,22H2,1-4H3,(H,23,25)/b10-9+,14-11-. The molecule has 4 N–H and O–H groups in total. The van der Waals surface area contributed by atoms with E-state index < -0.39 is 11.0 Å². The lowest BCUT2D eigenvalue weighted by Gasteiger charge is -2.44. The third kappa shape index (κ3) is 4.29. The van der Waals surface area contributed by atoms with E-state index in [1.54, 1.807) is 50.3 Å². The van der Waals surface area contributed by atoms with Crippen molar-refractivity contribution in [3.05, 3.63) is 59.7 Å². The van der Waals surface area contributed by atoms with Crippen LogP contribution in [0.1, 0.15) is 34.1 Å². The molecule has 1 amide bonds. The van der Waals surface area contributed by atoms with E-state index in [1.165, 1.54) is 12.2 Å². The van der Waals surface area contributed by atoms with Crippen LogP contribution in [-0.2, 0) is 9.59 Å². The highest BCUT2D eigenvalue weighted by molar-refractivity contribution is 6.00. The van der Waals surface area contributed by atoms with Gasteiger partial charge in [0.05, 0.1) is 0 Å². The number of nitrogen functional groups attached to an aromatic ring is 1. The van der Waals surface area contributed by atoms with Gasteiger partial charge in [-0.2, -0.15) is 0 Å². The van der Waals surface area contributed by atoms with Gasteiger partial charge in [0, 0.05) is 29.3 Å². The van der Waals surface area contributed by atoms with E-state index in [2.05, 4.69) is 5.32 Å². The number of rotatable bonds is 4. The minimum Gasteiger partial charge on any atom is -0.399 e. The minimum absolute atomic E-state index is 0.0146. The van der Waals surface area contributed by atoms with Gasteiger partial charge in [0.2, 0.25) is 5.91 Å². The van der Waals surface area contributed by atoms with Crippen LogP contribution in [0.15, 0.2) is 59.7 Å². The summed E-state index contributed by atoms with van der Waals surface area (Å²) in [6.07, 6.45) is 6.58. The first kappa shape index (κ1) is 19.7. The van der Waals surface area contributed by atoms with Crippen molar-refractivity contribution in [1.82, 2.24) is 0 Å². The summed E-state index contributed by atoms with van der Waals surface area (Å²) in [6.45, 7) is 7.25. The fourth-order valence-electron chi connectivity index (χ4n) is 3.12. The molecule has 0 saturated heterocycles. The number of ketones is 1. The first-order valence-electron chi connectivity index (χ1n) is 8.51. The lowest BCUT2D eigenvalue weighted by molar-refractivity contribution is -0.121. The third-order valence-electron chi connectivity index (χ3n) is 4.75. The number of nitrogens with two attached hydrogens (primary N) is 1. The van der Waals surface area contributed by atoms with E-state index in [0.29, 0.717) is 22.5 Å². The molecule has 0 heterocycles. The van der Waals surface area contributed by atoms with Crippen LogP contribution in [0, 0.1) is 5.41 Å². The maximum atomic E-state index is 12.1. The van der Waals surface area contributed by atoms with Crippen molar-refractivity contribution in [2.45, 2.75) is 39.7 Å². The molecule has 0 saturated carbocycles. The number of anilines is 2. The quantitative estimate of drug-likeness (QED) is 0.439. The van der Waals surface area contributed by atoms with Gasteiger partial charge in [0.25, 0.3) is 0 Å². The van der Waals surface area contributed by atoms with Crippen molar-refractivity contribution >= 4 is 23.1 Å². The second-order valence-electron chi connectivity index (χ2n) is 7.45. The van der Waals surface area contributed by atoms with Gasteiger partial charge in [-0.15, -0.1) is 0 Å². The largest absolute Gasteiger partial charge is 0.399 e. The molecule has 0 aromatic heterocycles. The Bertz CT molecular complexity index is 801. The van der Waals surface area contributed by atoms with Crippen LogP contribution in [-0.4, -0.2) is 22.4 Å². The van der Waals surface area contributed by atoms with Gasteiger partial charge in [0.1, 0.15) is 5.60 Å². The number of amides is 1. The number of hydrogen-bond donors (Lipinski definition) is 3. The molecule has 138 valence electrons. The van der Waals surface area contributed by atoms with Crippen molar-refractivity contribution < 1.29 is 14.7 Å². The van der Waals surface area contributed by atoms with E-state index in [0.717, 1.165) is 0 Å². The van der Waals surface area contributed by atoms with Crippen LogP contribution >= 0.6 is 0 Å². The number of benzene rings is 1. The van der Waals surface area contributed by atoms with Gasteiger partial charge in [-0.05, 0) is 61.4 Å². The van der Waals surface area contributed by atoms with Crippen LogP contribution in [0.3, 0.4) is 0 Å². The van der Waals surface area contributed by atoms with Gasteiger partial charge < -0.3 is 16.2 Å². The molecule has 0 fully saturated rings. The molecule has 5 heteroatoms. The summed E-state index contributed by atoms with van der Waals surface area (Å²) in [5, 5.41) is 13.8. The highest BCUT2D eigenvalue weighted by Crippen LogP contribution is 2.44. The molecule has 2 rings (SSSR count). The lowest BCUT2D eigenvalue weighted by Crippen LogP contribution is -2.48. The van der Waals surface area contributed by atoms with Crippen molar-refractivity contribution in [2.75, 3.05) is 11.1 Å². The first-order valence-corrected chi connectivity index (χ1v) is 8.51. The van der Waals surface area contributed by atoms with E-state index in [4.69, 9.17) is 5.73 Å². The second kappa shape index (κ2) is 7.30. The maximum Gasteiger partial charge on any atom is 0.248 e. The number of aliphatic hydroxyl groups is 1. The first-order chi connectivity index (χ1) is 12.0. The zero-order chi connectivity index (χ0) is 19.5. The molecule has 1 aromatic rings. The van der Waals surface area contributed by atoms with Crippen molar-refractivity contribution in [1.29, 1.82) is 0 Å². The van der Waals surface area contributed by atoms with Gasteiger partial charge in [0.15, 0.2) is 5.78 Å². The summed E-state index contributed by atoms with van der Waals surface area (Å²) >= 11 is 0. The summed E-state index contributed by atoms with van der Waals surface area (Å²) in [5.41, 5.74) is 6.34. The Hall–Kier alpha value is -2.66. The normalized spacial score (nSPS) is 23.0. The molecule has 1 aromatic carbocycles. The van der Waals surface area contributed by atoms with Crippen molar-refractivity contribution in [3.8, 4) is 0 Å². The highest BCUT2D eigenvalue weighted by Gasteiger charge is 2.46. The van der Waals surface area contributed by atoms with Crippen LogP contribution in [0.5, 0.6) is 0 Å². The van der Waals surface area contributed by atoms with Gasteiger partial charge in [-0.25, -0.2) is 0 Å². The van der Waals surface area contributed by atoms with Gasteiger partial charge in [-0.3, -0.25) is 9.59 Å². The Balaban J connectivity index is 2.14. The summed E-state index contributed by atoms with van der Waals surface area (Å²) in [7, 11) is 0. The summed E-state index contributed by atoms with van der Waals surface area (Å²) in [6, 6.07) is 6.88. The zero-order valence-corrected chi connectivity index (χ0v) is 15.7. The summed E-state index contributed by atoms with van der Waals surface area (Å²) < 4.78 is 0. The Morgan fingerprint density at radius 2 is 1.88 bits per heavy atom. The molecule has 0 spiro atoms. The molecule has 1 aliphatic carbocycles. The average molecular weight is 354 g/mol. The predicted molar refractivity (Wildman–Crippen MR) is 104 cm³/mol. The number of nitrogens with one attached hydrogen (secondary N) is 1. The number of hydrogen-bond acceptors (Lipinski definition) is 4. The Kier molecular flexibility index (Phi) is 5.52. The molecular formula is C21H26N2O3. The van der Waals surface area contributed by atoms with E-state index in [1.807, 2.05) is 13.8 Å². The Morgan fingerprint density at radius 1 is 1.27 bits per heavy atom. The average Bonchev–Trinajstić information content (AvgIpc) is 2.52. The molecular weight excluding hydrogens is 328 g/mol. The van der Waals surface area contributed by atoms with E-state index >= 15 is 0 Å². The molecule has 1 aliphatic rings.